The van der Waals surface area contributed by atoms with Crippen molar-refractivity contribution < 1.29 is 0 Å². The number of hydrogen-bond donors (Lipinski definition) is 0. The molecule has 2 aromatic carbocycles. The molecule has 0 N–H and O–H groups in total. The van der Waals surface area contributed by atoms with E-state index in [1.807, 2.05) is 0 Å². The summed E-state index contributed by atoms with van der Waals surface area (Å²) < 4.78 is 0. The van der Waals surface area contributed by atoms with Gasteiger partial charge in [0.2, 0.25) is 0 Å². The zero-order valence-electron chi connectivity index (χ0n) is 14.5. The maximum Gasteiger partial charge on any atom is 0.129 e. The molecular weight excluding hydrogens is 296 g/mol. The van der Waals surface area contributed by atoms with Crippen LogP contribution in [-0.4, -0.2) is 16.1 Å². The fraction of sp³-hybridized carbons (Fsp3) is 0.300. The van der Waals surface area contributed by atoms with Gasteiger partial charge in [-0.1, -0.05) is 69.3 Å². The van der Waals surface area contributed by atoms with Crippen molar-refractivity contribution in [2.45, 2.75) is 39.3 Å². The number of rotatable bonds is 0. The lowest BCUT2D eigenvalue weighted by atomic mass is 10.0. The Kier molecular flexibility index (Phi) is 4.66. The highest BCUT2D eigenvalue weighted by atomic mass is 28.3. The molecule has 0 atom stereocenters. The minimum atomic E-state index is -1.36. The van der Waals surface area contributed by atoms with E-state index in [1.54, 1.807) is 0 Å². The Labute approximate surface area is 137 Å². The lowest BCUT2D eigenvalue weighted by molar-refractivity contribution is 1.66. The van der Waals surface area contributed by atoms with E-state index in [0.29, 0.717) is 0 Å². The van der Waals surface area contributed by atoms with Gasteiger partial charge in [-0.15, -0.1) is 11.1 Å². The highest BCUT2D eigenvalue weighted by molar-refractivity contribution is 6.84. The smallest absolute Gasteiger partial charge is 0.127 e. The molecule has 2 rings (SSSR count). The Morgan fingerprint density at radius 3 is 2.00 bits per heavy atom. The summed E-state index contributed by atoms with van der Waals surface area (Å²) >= 11 is 0. The molecule has 0 spiro atoms. The van der Waals surface area contributed by atoms with E-state index in [0.717, 1.165) is 11.1 Å². The van der Waals surface area contributed by atoms with Gasteiger partial charge in [0.25, 0.3) is 0 Å². The molecular formula is C20H24Si2. The molecule has 112 valence electrons. The van der Waals surface area contributed by atoms with Crippen LogP contribution in [0.5, 0.6) is 0 Å². The lowest BCUT2D eigenvalue weighted by Crippen LogP contribution is -2.16. The van der Waals surface area contributed by atoms with Gasteiger partial charge in [0.05, 0.1) is 0 Å². The Hall–Kier alpha value is -1.75. The van der Waals surface area contributed by atoms with E-state index in [4.69, 9.17) is 0 Å². The van der Waals surface area contributed by atoms with Crippen molar-refractivity contribution >= 4 is 26.9 Å². The fourth-order valence-electron chi connectivity index (χ4n) is 1.97. The van der Waals surface area contributed by atoms with E-state index in [-0.39, 0.29) is 0 Å². The quantitative estimate of drug-likeness (QED) is 0.456. The second kappa shape index (κ2) is 6.17. The zero-order chi connectivity index (χ0) is 16.4. The molecule has 0 saturated heterocycles. The largest absolute Gasteiger partial charge is 0.129 e. The summed E-state index contributed by atoms with van der Waals surface area (Å²) in [6.45, 7) is 13.6. The maximum absolute atomic E-state index is 3.47. The average molecular weight is 321 g/mol. The van der Waals surface area contributed by atoms with Crippen LogP contribution in [-0.2, 0) is 0 Å². The van der Waals surface area contributed by atoms with E-state index in [2.05, 4.69) is 98.6 Å². The standard InChI is InChI=1S/C20H24Si2/c1-21(2,3)14-12-17-10-11-18-8-7-9-19(20(18)16-17)13-15-22(4,5)6/h7-11,16H,1-6H3. The van der Waals surface area contributed by atoms with E-state index < -0.39 is 16.1 Å². The van der Waals surface area contributed by atoms with Crippen LogP contribution in [0.4, 0.5) is 0 Å². The van der Waals surface area contributed by atoms with Crippen molar-refractivity contribution in [3.63, 3.8) is 0 Å². The van der Waals surface area contributed by atoms with E-state index in [9.17, 15) is 0 Å². The first-order valence-electron chi connectivity index (χ1n) is 7.73. The Balaban J connectivity index is 2.54. The molecule has 0 saturated carbocycles. The Bertz CT molecular complexity index is 810. The summed E-state index contributed by atoms with van der Waals surface area (Å²) in [4.78, 5) is 0. The Morgan fingerprint density at radius 2 is 1.36 bits per heavy atom. The first-order valence-corrected chi connectivity index (χ1v) is 14.7. The normalized spacial score (nSPS) is 11.4. The average Bonchev–Trinajstić information content (AvgIpc) is 2.41. The molecule has 0 unspecified atom stereocenters. The van der Waals surface area contributed by atoms with Gasteiger partial charge < -0.3 is 0 Å². The van der Waals surface area contributed by atoms with Gasteiger partial charge in [-0.2, -0.15) is 0 Å². The molecule has 2 aromatic rings. The molecule has 0 nitrogen and oxygen atoms in total. The number of benzene rings is 2. The second-order valence-corrected chi connectivity index (χ2v) is 17.2. The van der Waals surface area contributed by atoms with E-state index >= 15 is 0 Å². The highest BCUT2D eigenvalue weighted by Gasteiger charge is 2.09. The fourth-order valence-corrected chi connectivity index (χ4v) is 3.00. The van der Waals surface area contributed by atoms with Crippen LogP contribution in [0.3, 0.4) is 0 Å². The van der Waals surface area contributed by atoms with Gasteiger partial charge in [0.15, 0.2) is 0 Å². The van der Waals surface area contributed by atoms with Crippen LogP contribution >= 0.6 is 0 Å². The summed E-state index contributed by atoms with van der Waals surface area (Å²) in [5.41, 5.74) is 9.12. The van der Waals surface area contributed by atoms with Crippen molar-refractivity contribution in [3.05, 3.63) is 47.5 Å². The summed E-state index contributed by atoms with van der Waals surface area (Å²) in [6.07, 6.45) is 0. The molecule has 0 fully saturated rings. The Morgan fingerprint density at radius 1 is 0.727 bits per heavy atom. The third kappa shape index (κ3) is 4.91. The van der Waals surface area contributed by atoms with Crippen LogP contribution < -0.4 is 0 Å². The molecule has 2 heteroatoms. The predicted molar refractivity (Wildman–Crippen MR) is 104 cm³/mol. The van der Waals surface area contributed by atoms with Crippen LogP contribution in [0, 0.1) is 22.9 Å². The predicted octanol–water partition coefficient (Wildman–Crippen LogP) is 5.30. The summed E-state index contributed by atoms with van der Waals surface area (Å²) in [5, 5.41) is 2.46. The maximum atomic E-state index is 3.47. The highest BCUT2D eigenvalue weighted by Crippen LogP contribution is 2.20. The van der Waals surface area contributed by atoms with Gasteiger partial charge in [-0.3, -0.25) is 0 Å². The molecule has 0 aliphatic carbocycles. The summed E-state index contributed by atoms with van der Waals surface area (Å²) in [7, 11) is -2.71. The second-order valence-electron chi connectivity index (χ2n) is 7.74. The number of hydrogen-bond acceptors (Lipinski definition) is 0. The van der Waals surface area contributed by atoms with Crippen molar-refractivity contribution in [2.75, 3.05) is 0 Å². The topological polar surface area (TPSA) is 0 Å². The van der Waals surface area contributed by atoms with Crippen LogP contribution in [0.25, 0.3) is 10.8 Å². The first-order chi connectivity index (χ1) is 10.1. The van der Waals surface area contributed by atoms with Crippen LogP contribution in [0.1, 0.15) is 11.1 Å². The molecule has 0 amide bonds. The van der Waals surface area contributed by atoms with Gasteiger partial charge >= 0.3 is 0 Å². The van der Waals surface area contributed by atoms with Gasteiger partial charge in [0.1, 0.15) is 16.1 Å². The monoisotopic (exact) mass is 320 g/mol. The molecule has 0 radical (unpaired) electrons. The van der Waals surface area contributed by atoms with Crippen molar-refractivity contribution in [1.29, 1.82) is 0 Å². The third-order valence-corrected chi connectivity index (χ3v) is 4.79. The molecule has 0 heterocycles. The van der Waals surface area contributed by atoms with Crippen LogP contribution in [0.15, 0.2) is 36.4 Å². The van der Waals surface area contributed by atoms with E-state index in [1.165, 1.54) is 10.8 Å². The summed E-state index contributed by atoms with van der Waals surface area (Å²) in [6, 6.07) is 12.8. The van der Waals surface area contributed by atoms with Crippen molar-refractivity contribution in [1.82, 2.24) is 0 Å². The van der Waals surface area contributed by atoms with Crippen molar-refractivity contribution in [3.8, 4) is 22.9 Å². The van der Waals surface area contributed by atoms with Gasteiger partial charge in [-0.25, -0.2) is 0 Å². The molecule has 0 aliphatic rings. The molecule has 0 bridgehead atoms. The van der Waals surface area contributed by atoms with Gasteiger partial charge in [0, 0.05) is 11.1 Å². The van der Waals surface area contributed by atoms with Crippen molar-refractivity contribution in [2.24, 2.45) is 0 Å². The lowest BCUT2D eigenvalue weighted by Gasteiger charge is -2.06. The molecule has 22 heavy (non-hydrogen) atoms. The van der Waals surface area contributed by atoms with Crippen LogP contribution in [0.2, 0.25) is 39.3 Å². The SMILES string of the molecule is C[Si](C)(C)C#Cc1ccc2cccc(C#C[Si](C)(C)C)c2c1. The van der Waals surface area contributed by atoms with Gasteiger partial charge in [-0.05, 0) is 29.0 Å². The third-order valence-electron chi connectivity index (χ3n) is 3.04. The first kappa shape index (κ1) is 16.6. The molecule has 0 aromatic heterocycles. The number of fused-ring (bicyclic) bond motifs is 1. The zero-order valence-corrected chi connectivity index (χ0v) is 16.5. The minimum absolute atomic E-state index is 1.09. The summed E-state index contributed by atoms with van der Waals surface area (Å²) in [5.74, 6) is 6.75. The minimum Gasteiger partial charge on any atom is -0.127 e. The molecule has 0 aliphatic heterocycles.